The van der Waals surface area contributed by atoms with Gasteiger partial charge in [-0.3, -0.25) is 4.79 Å². The molecule has 0 bridgehead atoms. The van der Waals surface area contributed by atoms with Crippen LogP contribution in [0, 0.1) is 12.3 Å². The Morgan fingerprint density at radius 3 is 2.67 bits per heavy atom. The van der Waals surface area contributed by atoms with E-state index < -0.39 is 5.97 Å². The van der Waals surface area contributed by atoms with Crippen LogP contribution in [0.5, 0.6) is 0 Å². The average molecular weight is 296 g/mol. The first kappa shape index (κ1) is 15.3. The first-order valence-corrected chi connectivity index (χ1v) is 7.02. The molecule has 0 aromatic carbocycles. The summed E-state index contributed by atoms with van der Waals surface area (Å²) < 4.78 is 4.83. The summed E-state index contributed by atoms with van der Waals surface area (Å²) in [7, 11) is 0. The number of hydrogen-bond donors (Lipinski definition) is 3. The number of nitrogens with zero attached hydrogens (tertiary/aromatic N) is 2. The van der Waals surface area contributed by atoms with E-state index in [4.69, 9.17) is 9.63 Å². The van der Waals surface area contributed by atoms with E-state index in [0.29, 0.717) is 31.2 Å². The Kier molecular flexibility index (Phi) is 4.77. The molecule has 1 saturated carbocycles. The Bertz CT molecular complexity index is 510. The van der Waals surface area contributed by atoms with E-state index in [1.807, 2.05) is 0 Å². The van der Waals surface area contributed by atoms with Crippen molar-refractivity contribution >= 4 is 12.0 Å². The molecule has 0 spiro atoms. The number of carboxylic acid groups (broad SMARTS) is 1. The normalized spacial score (nSPS) is 16.0. The van der Waals surface area contributed by atoms with Crippen molar-refractivity contribution in [1.29, 1.82) is 0 Å². The fourth-order valence-electron chi connectivity index (χ4n) is 2.47. The highest BCUT2D eigenvalue weighted by molar-refractivity contribution is 5.74. The minimum atomic E-state index is -0.815. The lowest BCUT2D eigenvalue weighted by Gasteiger charge is -2.40. The summed E-state index contributed by atoms with van der Waals surface area (Å²) >= 11 is 0. The maximum absolute atomic E-state index is 11.7. The summed E-state index contributed by atoms with van der Waals surface area (Å²) in [5.74, 6) is 0.230. The molecule has 3 N–H and O–H groups in total. The van der Waals surface area contributed by atoms with E-state index in [0.717, 1.165) is 19.3 Å². The summed E-state index contributed by atoms with van der Waals surface area (Å²) in [6.07, 6.45) is 3.32. The molecule has 1 heterocycles. The molecular weight excluding hydrogens is 276 g/mol. The van der Waals surface area contributed by atoms with Gasteiger partial charge in [0.15, 0.2) is 5.82 Å². The SMILES string of the molecule is Cc1nc(CCNC(=O)NCC2(CC(=O)O)CCC2)no1. The van der Waals surface area contributed by atoms with Crippen molar-refractivity contribution in [3.63, 3.8) is 0 Å². The highest BCUT2D eigenvalue weighted by Gasteiger charge is 2.39. The van der Waals surface area contributed by atoms with Crippen LogP contribution < -0.4 is 10.6 Å². The standard InChI is InChI=1S/C13H20N4O4/c1-9-16-10(17-21-9)3-6-14-12(20)15-8-13(4-2-5-13)7-11(18)19/h2-8H2,1H3,(H,18,19)(H2,14,15,20). The van der Waals surface area contributed by atoms with Gasteiger partial charge in [-0.1, -0.05) is 11.6 Å². The lowest BCUT2D eigenvalue weighted by Crippen LogP contribution is -2.46. The number of aliphatic carboxylic acids is 1. The fourth-order valence-corrected chi connectivity index (χ4v) is 2.47. The lowest BCUT2D eigenvalue weighted by molar-refractivity contribution is -0.141. The van der Waals surface area contributed by atoms with Crippen molar-refractivity contribution < 1.29 is 19.2 Å². The smallest absolute Gasteiger partial charge is 0.314 e. The number of nitrogens with one attached hydrogen (secondary N) is 2. The number of aryl methyl sites for hydroxylation is 1. The monoisotopic (exact) mass is 296 g/mol. The van der Waals surface area contributed by atoms with Gasteiger partial charge in [0.1, 0.15) is 0 Å². The lowest BCUT2D eigenvalue weighted by atomic mass is 9.66. The molecule has 0 radical (unpaired) electrons. The minimum Gasteiger partial charge on any atom is -0.481 e. The molecule has 1 aliphatic carbocycles. The molecule has 0 saturated heterocycles. The molecule has 21 heavy (non-hydrogen) atoms. The van der Waals surface area contributed by atoms with E-state index in [1.54, 1.807) is 6.92 Å². The summed E-state index contributed by atoms with van der Waals surface area (Å²) in [5.41, 5.74) is -0.270. The number of carbonyl (C=O) groups is 2. The zero-order chi connectivity index (χ0) is 15.3. The van der Waals surface area contributed by atoms with E-state index in [2.05, 4.69) is 20.8 Å². The molecule has 0 atom stereocenters. The maximum atomic E-state index is 11.7. The van der Waals surface area contributed by atoms with Gasteiger partial charge in [0, 0.05) is 26.4 Å². The molecule has 1 aromatic rings. The van der Waals surface area contributed by atoms with Crippen LogP contribution in [0.15, 0.2) is 4.52 Å². The summed E-state index contributed by atoms with van der Waals surface area (Å²) in [6, 6.07) is -0.299. The van der Waals surface area contributed by atoms with Gasteiger partial charge in [-0.15, -0.1) is 0 Å². The fraction of sp³-hybridized carbons (Fsp3) is 0.692. The van der Waals surface area contributed by atoms with Crippen molar-refractivity contribution in [2.24, 2.45) is 5.41 Å². The number of amides is 2. The van der Waals surface area contributed by atoms with E-state index in [-0.39, 0.29) is 17.9 Å². The van der Waals surface area contributed by atoms with Crippen molar-refractivity contribution in [2.45, 2.75) is 39.0 Å². The second-order valence-corrected chi connectivity index (χ2v) is 5.51. The van der Waals surface area contributed by atoms with E-state index >= 15 is 0 Å². The van der Waals surface area contributed by atoms with Crippen LogP contribution in [0.4, 0.5) is 4.79 Å². The summed E-state index contributed by atoms with van der Waals surface area (Å²) in [5, 5.41) is 18.1. The first-order chi connectivity index (χ1) is 9.99. The third-order valence-corrected chi connectivity index (χ3v) is 3.77. The number of hydrogen-bond acceptors (Lipinski definition) is 5. The number of rotatable bonds is 7. The quantitative estimate of drug-likeness (QED) is 0.687. The van der Waals surface area contributed by atoms with Crippen LogP contribution in [-0.4, -0.2) is 40.3 Å². The van der Waals surface area contributed by atoms with Crippen LogP contribution in [-0.2, 0) is 11.2 Å². The van der Waals surface area contributed by atoms with Gasteiger partial charge < -0.3 is 20.3 Å². The highest BCUT2D eigenvalue weighted by atomic mass is 16.5. The van der Waals surface area contributed by atoms with Crippen molar-refractivity contribution in [3.8, 4) is 0 Å². The third kappa shape index (κ3) is 4.44. The largest absolute Gasteiger partial charge is 0.481 e. The van der Waals surface area contributed by atoms with E-state index in [1.165, 1.54) is 0 Å². The van der Waals surface area contributed by atoms with Gasteiger partial charge in [-0.05, 0) is 18.3 Å². The van der Waals surface area contributed by atoms with Crippen LogP contribution in [0.25, 0.3) is 0 Å². The predicted molar refractivity (Wildman–Crippen MR) is 72.7 cm³/mol. The number of aromatic nitrogens is 2. The Morgan fingerprint density at radius 2 is 2.14 bits per heavy atom. The number of carboxylic acids is 1. The second-order valence-electron chi connectivity index (χ2n) is 5.51. The summed E-state index contributed by atoms with van der Waals surface area (Å²) in [4.78, 5) is 26.5. The van der Waals surface area contributed by atoms with Gasteiger partial charge in [-0.25, -0.2) is 4.79 Å². The molecule has 8 heteroatoms. The first-order valence-electron chi connectivity index (χ1n) is 7.02. The molecule has 0 unspecified atom stereocenters. The molecule has 8 nitrogen and oxygen atoms in total. The Labute approximate surface area is 122 Å². The third-order valence-electron chi connectivity index (χ3n) is 3.77. The second kappa shape index (κ2) is 6.55. The molecule has 116 valence electrons. The molecule has 2 amide bonds. The highest BCUT2D eigenvalue weighted by Crippen LogP contribution is 2.43. The Morgan fingerprint density at radius 1 is 1.38 bits per heavy atom. The number of carbonyl (C=O) groups excluding carboxylic acids is 1. The molecular formula is C13H20N4O4. The van der Waals surface area contributed by atoms with Gasteiger partial charge >= 0.3 is 12.0 Å². The maximum Gasteiger partial charge on any atom is 0.314 e. The number of urea groups is 1. The summed E-state index contributed by atoms with van der Waals surface area (Å²) in [6.45, 7) is 2.50. The Balaban J connectivity index is 1.66. The predicted octanol–water partition coefficient (Wildman–Crippen LogP) is 0.865. The Hall–Kier alpha value is -2.12. The van der Waals surface area contributed by atoms with Crippen LogP contribution in [0.3, 0.4) is 0 Å². The van der Waals surface area contributed by atoms with Gasteiger partial charge in [0.05, 0.1) is 6.42 Å². The van der Waals surface area contributed by atoms with E-state index in [9.17, 15) is 9.59 Å². The van der Waals surface area contributed by atoms with Crippen molar-refractivity contribution in [2.75, 3.05) is 13.1 Å². The van der Waals surface area contributed by atoms with Gasteiger partial charge in [-0.2, -0.15) is 4.98 Å². The molecule has 1 aliphatic rings. The molecule has 1 aromatic heterocycles. The zero-order valence-electron chi connectivity index (χ0n) is 12.0. The topological polar surface area (TPSA) is 117 Å². The van der Waals surface area contributed by atoms with Crippen LogP contribution >= 0.6 is 0 Å². The minimum absolute atomic E-state index is 0.107. The van der Waals surface area contributed by atoms with Gasteiger partial charge in [0.2, 0.25) is 5.89 Å². The van der Waals surface area contributed by atoms with Crippen molar-refractivity contribution in [1.82, 2.24) is 20.8 Å². The zero-order valence-corrected chi connectivity index (χ0v) is 12.0. The van der Waals surface area contributed by atoms with Crippen LogP contribution in [0.1, 0.15) is 37.4 Å². The molecule has 0 aliphatic heterocycles. The van der Waals surface area contributed by atoms with Crippen molar-refractivity contribution in [3.05, 3.63) is 11.7 Å². The van der Waals surface area contributed by atoms with Gasteiger partial charge in [0.25, 0.3) is 0 Å². The van der Waals surface area contributed by atoms with Crippen LogP contribution in [0.2, 0.25) is 0 Å². The average Bonchev–Trinajstić information content (AvgIpc) is 2.78. The molecule has 1 fully saturated rings. The molecule has 2 rings (SSSR count).